The quantitative estimate of drug-likeness (QED) is 0.719. The minimum absolute atomic E-state index is 0.119. The van der Waals surface area contributed by atoms with E-state index in [9.17, 15) is 9.18 Å². The summed E-state index contributed by atoms with van der Waals surface area (Å²) >= 11 is 4.85. The first-order chi connectivity index (χ1) is 8.54. The fraction of sp³-hybridized carbons (Fsp3) is 0.333. The molecule has 1 unspecified atom stereocenters. The van der Waals surface area contributed by atoms with Crippen molar-refractivity contribution in [1.29, 1.82) is 0 Å². The van der Waals surface area contributed by atoms with E-state index in [2.05, 4.69) is 10.6 Å². The van der Waals surface area contributed by atoms with E-state index in [1.807, 2.05) is 6.92 Å². The second kappa shape index (κ2) is 6.90. The number of rotatable bonds is 5. The smallest absolute Gasteiger partial charge is 0.319 e. The largest absolute Gasteiger partial charge is 0.392 e. The van der Waals surface area contributed by atoms with E-state index in [0.29, 0.717) is 6.42 Å². The molecule has 0 aromatic heterocycles. The highest BCUT2D eigenvalue weighted by molar-refractivity contribution is 7.80. The van der Waals surface area contributed by atoms with Crippen molar-refractivity contribution in [3.8, 4) is 0 Å². The molecule has 98 valence electrons. The minimum atomic E-state index is -0.522. The van der Waals surface area contributed by atoms with Gasteiger partial charge in [0.15, 0.2) is 0 Å². The van der Waals surface area contributed by atoms with Gasteiger partial charge in [-0.25, -0.2) is 9.18 Å². The van der Waals surface area contributed by atoms with Gasteiger partial charge in [0.2, 0.25) is 0 Å². The van der Waals surface area contributed by atoms with Gasteiger partial charge in [-0.3, -0.25) is 0 Å². The van der Waals surface area contributed by atoms with Crippen molar-refractivity contribution in [3.05, 3.63) is 30.1 Å². The van der Waals surface area contributed by atoms with Crippen LogP contribution < -0.4 is 16.4 Å². The summed E-state index contributed by atoms with van der Waals surface area (Å²) in [7, 11) is 0. The lowest BCUT2D eigenvalue weighted by Gasteiger charge is -2.17. The number of para-hydroxylation sites is 1. The molecule has 0 saturated carbocycles. The molecule has 1 aromatic carbocycles. The summed E-state index contributed by atoms with van der Waals surface area (Å²) in [5, 5.41) is 5.02. The SMILES string of the molecule is CCCC(NC(=O)Nc1ccccc1F)C(N)=S. The Bertz CT molecular complexity index is 439. The topological polar surface area (TPSA) is 67.2 Å². The lowest BCUT2D eigenvalue weighted by Crippen LogP contribution is -2.45. The van der Waals surface area contributed by atoms with E-state index < -0.39 is 11.8 Å². The van der Waals surface area contributed by atoms with Crippen LogP contribution in [0.4, 0.5) is 14.9 Å². The molecule has 0 fully saturated rings. The molecule has 0 heterocycles. The number of halogens is 1. The molecule has 0 aliphatic heterocycles. The Morgan fingerprint density at radius 2 is 2.17 bits per heavy atom. The number of urea groups is 1. The Balaban J connectivity index is 2.61. The molecule has 18 heavy (non-hydrogen) atoms. The number of nitrogens with two attached hydrogens (primary N) is 1. The summed E-state index contributed by atoms with van der Waals surface area (Å²) in [5.74, 6) is -0.491. The minimum Gasteiger partial charge on any atom is -0.392 e. The van der Waals surface area contributed by atoms with Crippen molar-refractivity contribution < 1.29 is 9.18 Å². The van der Waals surface area contributed by atoms with Gasteiger partial charge in [-0.1, -0.05) is 37.7 Å². The Morgan fingerprint density at radius 1 is 1.50 bits per heavy atom. The van der Waals surface area contributed by atoms with E-state index in [0.717, 1.165) is 6.42 Å². The van der Waals surface area contributed by atoms with Gasteiger partial charge in [-0.15, -0.1) is 0 Å². The molecule has 1 aromatic rings. The van der Waals surface area contributed by atoms with E-state index >= 15 is 0 Å². The maximum Gasteiger partial charge on any atom is 0.319 e. The zero-order valence-electron chi connectivity index (χ0n) is 10.1. The van der Waals surface area contributed by atoms with E-state index in [-0.39, 0.29) is 16.7 Å². The zero-order chi connectivity index (χ0) is 13.5. The van der Waals surface area contributed by atoms with Crippen molar-refractivity contribution >= 4 is 28.9 Å². The first-order valence-corrected chi connectivity index (χ1v) is 6.06. The monoisotopic (exact) mass is 269 g/mol. The van der Waals surface area contributed by atoms with Crippen molar-refractivity contribution in [2.75, 3.05) is 5.32 Å². The fourth-order valence-corrected chi connectivity index (χ4v) is 1.63. The summed E-state index contributed by atoms with van der Waals surface area (Å²) < 4.78 is 13.3. The summed E-state index contributed by atoms with van der Waals surface area (Å²) in [6.07, 6.45) is 1.49. The van der Waals surface area contributed by atoms with Crippen LogP contribution >= 0.6 is 12.2 Å². The second-order valence-electron chi connectivity index (χ2n) is 3.82. The Labute approximate surface area is 111 Å². The van der Waals surface area contributed by atoms with Crippen LogP contribution in [0.25, 0.3) is 0 Å². The molecule has 0 aliphatic carbocycles. The third-order valence-corrected chi connectivity index (χ3v) is 2.63. The maximum absolute atomic E-state index is 13.3. The average Bonchev–Trinajstić information content (AvgIpc) is 2.31. The van der Waals surface area contributed by atoms with E-state index in [4.69, 9.17) is 18.0 Å². The number of carbonyl (C=O) groups is 1. The zero-order valence-corrected chi connectivity index (χ0v) is 10.9. The van der Waals surface area contributed by atoms with Crippen LogP contribution in [0.15, 0.2) is 24.3 Å². The molecule has 0 radical (unpaired) electrons. The third kappa shape index (κ3) is 4.29. The van der Waals surface area contributed by atoms with Crippen LogP contribution in [0.5, 0.6) is 0 Å². The van der Waals surface area contributed by atoms with Gasteiger partial charge in [-0.05, 0) is 18.6 Å². The van der Waals surface area contributed by atoms with E-state index in [1.165, 1.54) is 12.1 Å². The molecule has 4 N–H and O–H groups in total. The molecule has 0 saturated heterocycles. The van der Waals surface area contributed by atoms with Gasteiger partial charge < -0.3 is 16.4 Å². The number of anilines is 1. The molecule has 0 spiro atoms. The molecular weight excluding hydrogens is 253 g/mol. The number of nitrogens with one attached hydrogen (secondary N) is 2. The van der Waals surface area contributed by atoms with Crippen LogP contribution in [0.1, 0.15) is 19.8 Å². The summed E-state index contributed by atoms with van der Waals surface area (Å²) in [5.41, 5.74) is 5.63. The van der Waals surface area contributed by atoms with Gasteiger partial charge >= 0.3 is 6.03 Å². The summed E-state index contributed by atoms with van der Waals surface area (Å²) in [4.78, 5) is 11.9. The molecule has 1 rings (SSSR count). The fourth-order valence-electron chi connectivity index (χ4n) is 1.45. The number of benzene rings is 1. The summed E-state index contributed by atoms with van der Waals surface area (Å²) in [6, 6.07) is 5.03. The predicted octanol–water partition coefficient (Wildman–Crippen LogP) is 2.40. The Kier molecular flexibility index (Phi) is 5.51. The van der Waals surface area contributed by atoms with Crippen molar-refractivity contribution in [1.82, 2.24) is 5.32 Å². The first kappa shape index (κ1) is 14.4. The third-order valence-electron chi connectivity index (χ3n) is 2.35. The van der Waals surface area contributed by atoms with Crippen molar-refractivity contribution in [3.63, 3.8) is 0 Å². The number of hydrogen-bond donors (Lipinski definition) is 3. The van der Waals surface area contributed by atoms with Gasteiger partial charge in [0.25, 0.3) is 0 Å². The molecular formula is C12H16FN3OS. The molecule has 2 amide bonds. The number of hydrogen-bond acceptors (Lipinski definition) is 2. The second-order valence-corrected chi connectivity index (χ2v) is 4.29. The predicted molar refractivity (Wildman–Crippen MR) is 74.0 cm³/mol. The Morgan fingerprint density at radius 3 is 2.72 bits per heavy atom. The highest BCUT2D eigenvalue weighted by Gasteiger charge is 2.14. The maximum atomic E-state index is 13.3. The normalized spacial score (nSPS) is 11.7. The highest BCUT2D eigenvalue weighted by atomic mass is 32.1. The highest BCUT2D eigenvalue weighted by Crippen LogP contribution is 2.12. The van der Waals surface area contributed by atoms with Crippen molar-refractivity contribution in [2.45, 2.75) is 25.8 Å². The van der Waals surface area contributed by atoms with Crippen LogP contribution in [0.3, 0.4) is 0 Å². The molecule has 6 heteroatoms. The van der Waals surface area contributed by atoms with Crippen LogP contribution in [-0.2, 0) is 0 Å². The van der Waals surface area contributed by atoms with Gasteiger partial charge in [-0.2, -0.15) is 0 Å². The molecule has 1 atom stereocenters. The summed E-state index contributed by atoms with van der Waals surface area (Å²) in [6.45, 7) is 1.96. The van der Waals surface area contributed by atoms with Crippen LogP contribution in [0.2, 0.25) is 0 Å². The first-order valence-electron chi connectivity index (χ1n) is 5.66. The molecule has 0 bridgehead atoms. The van der Waals surface area contributed by atoms with Gasteiger partial charge in [0.1, 0.15) is 5.82 Å². The average molecular weight is 269 g/mol. The van der Waals surface area contributed by atoms with E-state index in [1.54, 1.807) is 12.1 Å². The van der Waals surface area contributed by atoms with Gasteiger partial charge in [0, 0.05) is 0 Å². The Hall–Kier alpha value is -1.69. The number of carbonyl (C=O) groups excluding carboxylic acids is 1. The molecule has 0 aliphatic rings. The van der Waals surface area contributed by atoms with Crippen LogP contribution in [-0.4, -0.2) is 17.1 Å². The van der Waals surface area contributed by atoms with Crippen molar-refractivity contribution in [2.24, 2.45) is 5.73 Å². The van der Waals surface area contributed by atoms with Gasteiger partial charge in [0.05, 0.1) is 16.7 Å². The number of amides is 2. The lowest BCUT2D eigenvalue weighted by molar-refractivity contribution is 0.250. The molecule has 4 nitrogen and oxygen atoms in total. The lowest BCUT2D eigenvalue weighted by atomic mass is 10.2. The van der Waals surface area contributed by atoms with Crippen LogP contribution in [0, 0.1) is 5.82 Å². The standard InChI is InChI=1S/C12H16FN3OS/c1-2-5-10(11(14)18)16-12(17)15-9-7-4-3-6-8(9)13/h3-4,6-7,10H,2,5H2,1H3,(H2,14,18)(H2,15,16,17). The number of thiocarbonyl (C=S) groups is 1.